The summed E-state index contributed by atoms with van der Waals surface area (Å²) in [6.45, 7) is 0.454. The number of fused-ring (bicyclic) bond motifs is 1. The number of halogens is 2. The smallest absolute Gasteiger partial charge is 0.133 e. The highest BCUT2D eigenvalue weighted by atomic mass is 19.1. The Kier molecular flexibility index (Phi) is 1.31. The molecule has 2 rings (SSSR count). The average Bonchev–Trinajstić information content (AvgIpc) is 2.34. The highest BCUT2D eigenvalue weighted by molar-refractivity contribution is 5.37. The molecule has 1 aliphatic rings. The predicted octanol–water partition coefficient (Wildman–Crippen LogP) is 1.90. The summed E-state index contributed by atoms with van der Waals surface area (Å²) in [6, 6.07) is 2.10. The third kappa shape index (κ3) is 0.964. The minimum Gasteiger partial charge on any atom is -0.493 e. The molecule has 1 nitrogen and oxygen atoms in total. The van der Waals surface area contributed by atoms with E-state index in [2.05, 4.69) is 0 Å². The van der Waals surface area contributed by atoms with Crippen molar-refractivity contribution < 1.29 is 13.5 Å². The normalized spacial score (nSPS) is 14.4. The van der Waals surface area contributed by atoms with E-state index >= 15 is 0 Å². The third-order valence-electron chi connectivity index (χ3n) is 1.73. The fraction of sp³-hybridized carbons (Fsp3) is 0.250. The van der Waals surface area contributed by atoms with Crippen molar-refractivity contribution in [1.29, 1.82) is 0 Å². The van der Waals surface area contributed by atoms with Crippen LogP contribution in [-0.4, -0.2) is 6.61 Å². The van der Waals surface area contributed by atoms with Crippen LogP contribution in [0.4, 0.5) is 8.78 Å². The zero-order valence-corrected chi connectivity index (χ0v) is 5.73. The Bertz CT molecular complexity index is 296. The Morgan fingerprint density at radius 1 is 1.27 bits per heavy atom. The Morgan fingerprint density at radius 3 is 2.91 bits per heavy atom. The van der Waals surface area contributed by atoms with Gasteiger partial charge in [0.05, 0.1) is 6.61 Å². The first-order chi connectivity index (χ1) is 5.27. The second kappa shape index (κ2) is 2.19. The molecule has 1 aliphatic heterocycles. The van der Waals surface area contributed by atoms with Crippen LogP contribution in [-0.2, 0) is 6.42 Å². The van der Waals surface area contributed by atoms with E-state index in [0.717, 1.165) is 6.07 Å². The largest absolute Gasteiger partial charge is 0.493 e. The fourth-order valence-corrected chi connectivity index (χ4v) is 1.21. The minimum atomic E-state index is -0.580. The summed E-state index contributed by atoms with van der Waals surface area (Å²) < 4.78 is 30.3. The monoisotopic (exact) mass is 156 g/mol. The van der Waals surface area contributed by atoms with Gasteiger partial charge in [0, 0.05) is 24.1 Å². The first kappa shape index (κ1) is 6.58. The molecule has 0 N–H and O–H groups in total. The van der Waals surface area contributed by atoms with Gasteiger partial charge in [-0.25, -0.2) is 8.78 Å². The van der Waals surface area contributed by atoms with Crippen LogP contribution in [0, 0.1) is 11.6 Å². The Balaban J connectivity index is 2.60. The predicted molar refractivity (Wildman–Crippen MR) is 35.6 cm³/mol. The summed E-state index contributed by atoms with van der Waals surface area (Å²) in [5.74, 6) is -0.733. The molecule has 58 valence electrons. The van der Waals surface area contributed by atoms with Crippen LogP contribution >= 0.6 is 0 Å². The molecule has 0 amide bonds. The lowest BCUT2D eigenvalue weighted by atomic mass is 10.1. The van der Waals surface area contributed by atoms with Crippen molar-refractivity contribution in [3.05, 3.63) is 29.3 Å². The number of rotatable bonds is 0. The van der Waals surface area contributed by atoms with E-state index in [4.69, 9.17) is 4.74 Å². The fourth-order valence-electron chi connectivity index (χ4n) is 1.21. The summed E-state index contributed by atoms with van der Waals surface area (Å²) in [6.07, 6.45) is 0.543. The number of ether oxygens (including phenoxy) is 1. The van der Waals surface area contributed by atoms with E-state index in [1.165, 1.54) is 6.07 Å². The van der Waals surface area contributed by atoms with Gasteiger partial charge in [-0.15, -0.1) is 0 Å². The van der Waals surface area contributed by atoms with Crippen LogP contribution in [0.5, 0.6) is 5.75 Å². The van der Waals surface area contributed by atoms with Gasteiger partial charge in [-0.3, -0.25) is 0 Å². The van der Waals surface area contributed by atoms with Crippen LogP contribution in [0.2, 0.25) is 0 Å². The maximum atomic E-state index is 12.8. The molecule has 0 spiro atoms. The molecule has 1 aromatic rings. The molecule has 0 saturated carbocycles. The second-order valence-corrected chi connectivity index (χ2v) is 2.46. The van der Waals surface area contributed by atoms with E-state index < -0.39 is 11.6 Å². The van der Waals surface area contributed by atoms with Crippen molar-refractivity contribution in [2.24, 2.45) is 0 Å². The Labute approximate surface area is 62.6 Å². The summed E-state index contributed by atoms with van der Waals surface area (Å²) >= 11 is 0. The standard InChI is InChI=1S/C8H6F2O/c9-5-3-7(10)6-1-2-11-8(6)4-5/h3-4H,1-2H2. The van der Waals surface area contributed by atoms with Crippen LogP contribution in [0.1, 0.15) is 5.56 Å². The van der Waals surface area contributed by atoms with Gasteiger partial charge in [0.25, 0.3) is 0 Å². The van der Waals surface area contributed by atoms with Gasteiger partial charge in [0.1, 0.15) is 17.4 Å². The van der Waals surface area contributed by atoms with Gasteiger partial charge in [-0.05, 0) is 0 Å². The topological polar surface area (TPSA) is 9.23 Å². The van der Waals surface area contributed by atoms with Gasteiger partial charge in [-0.2, -0.15) is 0 Å². The first-order valence-electron chi connectivity index (χ1n) is 3.38. The lowest BCUT2D eigenvalue weighted by Gasteiger charge is -1.98. The zero-order valence-electron chi connectivity index (χ0n) is 5.73. The lowest BCUT2D eigenvalue weighted by Crippen LogP contribution is -1.86. The summed E-state index contributed by atoms with van der Waals surface area (Å²) in [4.78, 5) is 0. The average molecular weight is 156 g/mol. The van der Waals surface area contributed by atoms with Crippen molar-refractivity contribution in [1.82, 2.24) is 0 Å². The highest BCUT2D eigenvalue weighted by Gasteiger charge is 2.17. The Hall–Kier alpha value is -1.12. The number of hydrogen-bond donors (Lipinski definition) is 0. The molecule has 0 fully saturated rings. The van der Waals surface area contributed by atoms with E-state index in [1.807, 2.05) is 0 Å². The van der Waals surface area contributed by atoms with Crippen LogP contribution in [0.3, 0.4) is 0 Å². The quantitative estimate of drug-likeness (QED) is 0.557. The van der Waals surface area contributed by atoms with Crippen LogP contribution in [0.15, 0.2) is 12.1 Å². The summed E-state index contributed by atoms with van der Waals surface area (Å²) in [5.41, 5.74) is 0.492. The van der Waals surface area contributed by atoms with Crippen molar-refractivity contribution in [2.75, 3.05) is 6.61 Å². The molecular formula is C8H6F2O. The summed E-state index contributed by atoms with van der Waals surface area (Å²) in [5, 5.41) is 0. The SMILES string of the molecule is Fc1cc(F)c2c(c1)OCC2. The number of hydrogen-bond acceptors (Lipinski definition) is 1. The van der Waals surface area contributed by atoms with E-state index in [0.29, 0.717) is 24.3 Å². The van der Waals surface area contributed by atoms with Gasteiger partial charge >= 0.3 is 0 Å². The van der Waals surface area contributed by atoms with Gasteiger partial charge < -0.3 is 4.74 Å². The molecule has 0 aliphatic carbocycles. The molecule has 11 heavy (non-hydrogen) atoms. The highest BCUT2D eigenvalue weighted by Crippen LogP contribution is 2.28. The molecule has 1 heterocycles. The molecule has 0 aromatic heterocycles. The summed E-state index contributed by atoms with van der Waals surface area (Å²) in [7, 11) is 0. The van der Waals surface area contributed by atoms with E-state index in [-0.39, 0.29) is 0 Å². The zero-order chi connectivity index (χ0) is 7.84. The maximum Gasteiger partial charge on any atom is 0.133 e. The molecule has 0 unspecified atom stereocenters. The number of benzene rings is 1. The maximum absolute atomic E-state index is 12.8. The molecule has 0 saturated heterocycles. The second-order valence-electron chi connectivity index (χ2n) is 2.46. The van der Waals surface area contributed by atoms with Gasteiger partial charge in [-0.1, -0.05) is 0 Å². The van der Waals surface area contributed by atoms with E-state index in [9.17, 15) is 8.78 Å². The molecule has 0 bridgehead atoms. The van der Waals surface area contributed by atoms with Crippen LogP contribution < -0.4 is 4.74 Å². The van der Waals surface area contributed by atoms with Gasteiger partial charge in [0.15, 0.2) is 0 Å². The van der Waals surface area contributed by atoms with Gasteiger partial charge in [0.2, 0.25) is 0 Å². The minimum absolute atomic E-state index is 0.350. The molecular weight excluding hydrogens is 150 g/mol. The first-order valence-corrected chi connectivity index (χ1v) is 3.38. The Morgan fingerprint density at radius 2 is 2.09 bits per heavy atom. The third-order valence-corrected chi connectivity index (χ3v) is 1.73. The van der Waals surface area contributed by atoms with Crippen molar-refractivity contribution >= 4 is 0 Å². The molecule has 0 atom stereocenters. The molecule has 3 heteroatoms. The molecule has 1 aromatic carbocycles. The van der Waals surface area contributed by atoms with Crippen molar-refractivity contribution in [2.45, 2.75) is 6.42 Å². The van der Waals surface area contributed by atoms with Crippen LogP contribution in [0.25, 0.3) is 0 Å². The van der Waals surface area contributed by atoms with Crippen molar-refractivity contribution in [3.8, 4) is 5.75 Å². The van der Waals surface area contributed by atoms with Crippen molar-refractivity contribution in [3.63, 3.8) is 0 Å². The molecule has 0 radical (unpaired) electrons. The van der Waals surface area contributed by atoms with E-state index in [1.54, 1.807) is 0 Å². The lowest BCUT2D eigenvalue weighted by molar-refractivity contribution is 0.355.